The van der Waals surface area contributed by atoms with Crippen molar-refractivity contribution >= 4 is 28.9 Å². The number of benzene rings is 3. The van der Waals surface area contributed by atoms with Crippen LogP contribution in [0.5, 0.6) is 0 Å². The average molecular weight is 324 g/mol. The van der Waals surface area contributed by atoms with Crippen LogP contribution in [-0.4, -0.2) is 11.1 Å². The van der Waals surface area contributed by atoms with Crippen LogP contribution in [0.15, 0.2) is 72.8 Å². The van der Waals surface area contributed by atoms with Gasteiger partial charge < -0.3 is 10.4 Å². The van der Waals surface area contributed by atoms with Gasteiger partial charge in [-0.15, -0.1) is 0 Å². The van der Waals surface area contributed by atoms with Gasteiger partial charge in [-0.3, -0.25) is 0 Å². The van der Waals surface area contributed by atoms with E-state index in [2.05, 4.69) is 5.32 Å². The van der Waals surface area contributed by atoms with Gasteiger partial charge in [-0.05, 0) is 47.5 Å². The van der Waals surface area contributed by atoms with Crippen LogP contribution in [0.4, 0.5) is 11.4 Å². The molecule has 2 N–H and O–H groups in total. The number of carboxylic acid groups (broad SMARTS) is 1. The number of aromatic carboxylic acids is 1. The summed E-state index contributed by atoms with van der Waals surface area (Å²) in [5.41, 5.74) is 3.43. The molecule has 0 aliphatic heterocycles. The van der Waals surface area contributed by atoms with Gasteiger partial charge in [0.05, 0.1) is 11.3 Å². The molecule has 0 bridgehead atoms. The molecule has 0 radical (unpaired) electrons. The van der Waals surface area contributed by atoms with E-state index < -0.39 is 5.97 Å². The van der Waals surface area contributed by atoms with Gasteiger partial charge in [-0.1, -0.05) is 48.0 Å². The molecule has 0 spiro atoms. The topological polar surface area (TPSA) is 49.3 Å². The van der Waals surface area contributed by atoms with Crippen LogP contribution in [0.3, 0.4) is 0 Å². The Morgan fingerprint density at radius 3 is 2.30 bits per heavy atom. The van der Waals surface area contributed by atoms with Crippen molar-refractivity contribution in [3.8, 4) is 11.1 Å². The zero-order chi connectivity index (χ0) is 16.2. The number of anilines is 2. The number of hydrogen-bond acceptors (Lipinski definition) is 2. The van der Waals surface area contributed by atoms with E-state index in [-0.39, 0.29) is 5.56 Å². The molecular formula is C19H14ClNO2. The molecule has 114 valence electrons. The molecule has 0 saturated carbocycles. The molecule has 0 unspecified atom stereocenters. The second-order valence-electron chi connectivity index (χ2n) is 5.07. The predicted molar refractivity (Wildman–Crippen MR) is 93.6 cm³/mol. The highest BCUT2D eigenvalue weighted by Gasteiger charge is 2.12. The number of rotatable bonds is 4. The van der Waals surface area contributed by atoms with Crippen molar-refractivity contribution in [2.75, 3.05) is 5.32 Å². The fraction of sp³-hybridized carbons (Fsp3) is 0. The first kappa shape index (κ1) is 15.1. The molecule has 0 atom stereocenters. The van der Waals surface area contributed by atoms with Gasteiger partial charge in [0.15, 0.2) is 0 Å². The number of carboxylic acids is 1. The largest absolute Gasteiger partial charge is 0.478 e. The molecule has 0 amide bonds. The lowest BCUT2D eigenvalue weighted by molar-refractivity contribution is 0.0698. The number of hydrogen-bond donors (Lipinski definition) is 2. The summed E-state index contributed by atoms with van der Waals surface area (Å²) < 4.78 is 0. The number of nitrogens with one attached hydrogen (secondary N) is 1. The summed E-state index contributed by atoms with van der Waals surface area (Å²) >= 11 is 6.04. The highest BCUT2D eigenvalue weighted by Crippen LogP contribution is 2.29. The fourth-order valence-electron chi connectivity index (χ4n) is 2.36. The van der Waals surface area contributed by atoms with E-state index in [9.17, 15) is 9.90 Å². The molecule has 3 nitrogen and oxygen atoms in total. The van der Waals surface area contributed by atoms with Crippen LogP contribution < -0.4 is 5.32 Å². The van der Waals surface area contributed by atoms with Crippen molar-refractivity contribution in [2.24, 2.45) is 0 Å². The number of halogens is 1. The molecule has 3 aromatic rings. The van der Waals surface area contributed by atoms with E-state index in [1.807, 2.05) is 54.6 Å². The van der Waals surface area contributed by atoms with Crippen molar-refractivity contribution in [1.82, 2.24) is 0 Å². The summed E-state index contributed by atoms with van der Waals surface area (Å²) in [7, 11) is 0. The maximum absolute atomic E-state index is 11.5. The quantitative estimate of drug-likeness (QED) is 0.671. The lowest BCUT2D eigenvalue weighted by Crippen LogP contribution is -2.03. The molecule has 3 rings (SSSR count). The Morgan fingerprint density at radius 2 is 1.61 bits per heavy atom. The fourth-order valence-corrected chi connectivity index (χ4v) is 2.55. The van der Waals surface area contributed by atoms with Gasteiger partial charge in [0.25, 0.3) is 0 Å². The normalized spacial score (nSPS) is 10.3. The average Bonchev–Trinajstić information content (AvgIpc) is 2.55. The number of carbonyl (C=O) groups is 1. The third kappa shape index (κ3) is 3.52. The third-order valence-corrected chi connectivity index (χ3v) is 3.70. The summed E-state index contributed by atoms with van der Waals surface area (Å²) in [6, 6.07) is 22.1. The second kappa shape index (κ2) is 6.55. The van der Waals surface area contributed by atoms with Crippen molar-refractivity contribution < 1.29 is 9.90 Å². The monoisotopic (exact) mass is 323 g/mol. The van der Waals surface area contributed by atoms with Crippen molar-refractivity contribution in [1.29, 1.82) is 0 Å². The lowest BCUT2D eigenvalue weighted by atomic mass is 10.0. The Morgan fingerprint density at radius 1 is 0.870 bits per heavy atom. The van der Waals surface area contributed by atoms with Gasteiger partial charge >= 0.3 is 5.97 Å². The Balaban J connectivity index is 2.04. The minimum absolute atomic E-state index is 0.222. The first-order valence-electron chi connectivity index (χ1n) is 7.09. The summed E-state index contributed by atoms with van der Waals surface area (Å²) in [4.78, 5) is 11.5. The summed E-state index contributed by atoms with van der Waals surface area (Å²) in [5, 5.41) is 13.2. The molecule has 0 fully saturated rings. The SMILES string of the molecule is O=C(O)c1ccc(-c2cccc(Cl)c2)cc1Nc1ccccc1. The lowest BCUT2D eigenvalue weighted by Gasteiger charge is -2.12. The van der Waals surface area contributed by atoms with Gasteiger partial charge in [0.2, 0.25) is 0 Å². The first-order valence-corrected chi connectivity index (χ1v) is 7.46. The van der Waals surface area contributed by atoms with Gasteiger partial charge in [-0.25, -0.2) is 4.79 Å². The molecule has 0 saturated heterocycles. The van der Waals surface area contributed by atoms with Crippen molar-refractivity contribution in [3.63, 3.8) is 0 Å². The molecule has 0 aliphatic rings. The van der Waals surface area contributed by atoms with Crippen molar-refractivity contribution in [3.05, 3.63) is 83.4 Å². The molecule has 0 aromatic heterocycles. The van der Waals surface area contributed by atoms with E-state index in [1.165, 1.54) is 0 Å². The summed E-state index contributed by atoms with van der Waals surface area (Å²) in [6.07, 6.45) is 0. The first-order chi connectivity index (χ1) is 11.1. The van der Waals surface area contributed by atoms with Gasteiger partial charge in [-0.2, -0.15) is 0 Å². The van der Waals surface area contributed by atoms with Crippen LogP contribution in [0.1, 0.15) is 10.4 Å². The maximum atomic E-state index is 11.5. The Bertz CT molecular complexity index is 847. The van der Waals surface area contributed by atoms with E-state index in [4.69, 9.17) is 11.6 Å². The zero-order valence-electron chi connectivity index (χ0n) is 12.2. The summed E-state index contributed by atoms with van der Waals surface area (Å²) in [6.45, 7) is 0. The molecule has 4 heteroatoms. The van der Waals surface area contributed by atoms with E-state index in [0.29, 0.717) is 10.7 Å². The minimum Gasteiger partial charge on any atom is -0.478 e. The Labute approximate surface area is 139 Å². The van der Waals surface area contributed by atoms with Crippen LogP contribution in [-0.2, 0) is 0 Å². The van der Waals surface area contributed by atoms with E-state index in [0.717, 1.165) is 16.8 Å². The molecule has 23 heavy (non-hydrogen) atoms. The van der Waals surface area contributed by atoms with Crippen LogP contribution >= 0.6 is 11.6 Å². The predicted octanol–water partition coefficient (Wildman–Crippen LogP) is 5.45. The molecular weight excluding hydrogens is 310 g/mol. The highest BCUT2D eigenvalue weighted by atomic mass is 35.5. The molecule has 0 heterocycles. The van der Waals surface area contributed by atoms with Gasteiger partial charge in [0, 0.05) is 10.7 Å². The van der Waals surface area contributed by atoms with Crippen LogP contribution in [0, 0.1) is 0 Å². The second-order valence-corrected chi connectivity index (χ2v) is 5.50. The minimum atomic E-state index is -0.971. The molecule has 3 aromatic carbocycles. The zero-order valence-corrected chi connectivity index (χ0v) is 12.9. The maximum Gasteiger partial charge on any atom is 0.337 e. The van der Waals surface area contributed by atoms with E-state index >= 15 is 0 Å². The molecule has 0 aliphatic carbocycles. The summed E-state index contributed by atoms with van der Waals surface area (Å²) in [5.74, 6) is -0.971. The van der Waals surface area contributed by atoms with E-state index in [1.54, 1.807) is 18.2 Å². The highest BCUT2D eigenvalue weighted by molar-refractivity contribution is 6.30. The number of para-hydroxylation sites is 1. The third-order valence-electron chi connectivity index (χ3n) is 3.46. The Kier molecular flexibility index (Phi) is 4.31. The van der Waals surface area contributed by atoms with Crippen LogP contribution in [0.2, 0.25) is 5.02 Å². The van der Waals surface area contributed by atoms with Crippen molar-refractivity contribution in [2.45, 2.75) is 0 Å². The van der Waals surface area contributed by atoms with Gasteiger partial charge in [0.1, 0.15) is 0 Å². The Hall–Kier alpha value is -2.78. The smallest absolute Gasteiger partial charge is 0.337 e. The van der Waals surface area contributed by atoms with Crippen LogP contribution in [0.25, 0.3) is 11.1 Å². The standard InChI is InChI=1S/C19H14ClNO2/c20-15-6-4-5-13(11-15)14-9-10-17(19(22)23)18(12-14)21-16-7-2-1-3-8-16/h1-12,21H,(H,22,23).